The molecule has 0 bridgehead atoms. The summed E-state index contributed by atoms with van der Waals surface area (Å²) in [4.78, 5) is 4.65. The maximum absolute atomic E-state index is 4.65. The zero-order valence-corrected chi connectivity index (χ0v) is 12.7. The van der Waals surface area contributed by atoms with Gasteiger partial charge in [-0.2, -0.15) is 0 Å². The topological polar surface area (TPSA) is 12.9 Å². The molecule has 2 unspecified atom stereocenters. The van der Waals surface area contributed by atoms with Gasteiger partial charge in [0.15, 0.2) is 0 Å². The SMILES string of the molecule is CCC1(C(C)C)c2cccnc2CC1C(C)(C)C. The lowest BCUT2D eigenvalue weighted by Gasteiger charge is -2.46. The fourth-order valence-electron chi connectivity index (χ4n) is 4.22. The van der Waals surface area contributed by atoms with Gasteiger partial charge in [-0.25, -0.2) is 0 Å². The van der Waals surface area contributed by atoms with Crippen molar-refractivity contribution in [1.29, 1.82) is 0 Å². The summed E-state index contributed by atoms with van der Waals surface area (Å²) < 4.78 is 0. The van der Waals surface area contributed by atoms with E-state index in [9.17, 15) is 0 Å². The molecule has 0 fully saturated rings. The quantitative estimate of drug-likeness (QED) is 0.742. The molecule has 2 rings (SSSR count). The van der Waals surface area contributed by atoms with E-state index >= 15 is 0 Å². The van der Waals surface area contributed by atoms with E-state index in [1.807, 2.05) is 6.20 Å². The van der Waals surface area contributed by atoms with E-state index in [2.05, 4.69) is 58.7 Å². The van der Waals surface area contributed by atoms with Crippen LogP contribution < -0.4 is 0 Å². The van der Waals surface area contributed by atoms with E-state index in [4.69, 9.17) is 0 Å². The van der Waals surface area contributed by atoms with Gasteiger partial charge in [0.05, 0.1) is 0 Å². The van der Waals surface area contributed by atoms with Crippen LogP contribution in [0.3, 0.4) is 0 Å². The number of nitrogens with zero attached hydrogens (tertiary/aromatic N) is 1. The summed E-state index contributed by atoms with van der Waals surface area (Å²) in [5.74, 6) is 1.36. The summed E-state index contributed by atoms with van der Waals surface area (Å²) in [6.45, 7) is 14.3. The summed E-state index contributed by atoms with van der Waals surface area (Å²) in [6, 6.07) is 4.42. The highest BCUT2D eigenvalue weighted by Gasteiger charge is 2.52. The molecule has 0 radical (unpaired) electrons. The number of rotatable bonds is 2. The van der Waals surface area contributed by atoms with E-state index in [0.717, 1.165) is 6.42 Å². The first-order valence-corrected chi connectivity index (χ1v) is 7.28. The van der Waals surface area contributed by atoms with Gasteiger partial charge in [-0.15, -0.1) is 0 Å². The second-order valence-corrected chi connectivity index (χ2v) is 7.17. The van der Waals surface area contributed by atoms with Gasteiger partial charge in [0.1, 0.15) is 0 Å². The predicted molar refractivity (Wildman–Crippen MR) is 77.7 cm³/mol. The Hall–Kier alpha value is -0.850. The van der Waals surface area contributed by atoms with Crippen LogP contribution in [0.2, 0.25) is 0 Å². The Bertz CT molecular complexity index is 427. The Labute approximate surface area is 112 Å². The molecular weight excluding hydrogens is 218 g/mol. The predicted octanol–water partition coefficient (Wildman–Crippen LogP) is 4.60. The molecule has 0 saturated carbocycles. The Morgan fingerprint density at radius 1 is 1.39 bits per heavy atom. The minimum Gasteiger partial charge on any atom is -0.261 e. The minimum atomic E-state index is 0.307. The normalized spacial score (nSPS) is 27.6. The van der Waals surface area contributed by atoms with Gasteiger partial charge in [0, 0.05) is 17.3 Å². The van der Waals surface area contributed by atoms with Crippen molar-refractivity contribution >= 4 is 0 Å². The van der Waals surface area contributed by atoms with Crippen molar-refractivity contribution in [3.05, 3.63) is 29.6 Å². The number of hydrogen-bond acceptors (Lipinski definition) is 1. The molecule has 0 saturated heterocycles. The van der Waals surface area contributed by atoms with Crippen molar-refractivity contribution in [2.75, 3.05) is 0 Å². The third-order valence-electron chi connectivity index (χ3n) is 5.07. The summed E-state index contributed by atoms with van der Waals surface area (Å²) >= 11 is 0. The zero-order chi connectivity index (χ0) is 13.6. The van der Waals surface area contributed by atoms with Gasteiger partial charge < -0.3 is 0 Å². The number of aromatic nitrogens is 1. The number of fused-ring (bicyclic) bond motifs is 1. The van der Waals surface area contributed by atoms with Crippen molar-refractivity contribution in [2.45, 2.75) is 59.8 Å². The maximum Gasteiger partial charge on any atom is 0.0444 e. The Kier molecular flexibility index (Phi) is 3.29. The van der Waals surface area contributed by atoms with Gasteiger partial charge >= 0.3 is 0 Å². The highest BCUT2D eigenvalue weighted by atomic mass is 14.7. The molecule has 2 atom stereocenters. The molecule has 0 amide bonds. The Morgan fingerprint density at radius 3 is 2.56 bits per heavy atom. The number of hydrogen-bond donors (Lipinski definition) is 0. The average molecular weight is 245 g/mol. The molecule has 0 spiro atoms. The fourth-order valence-corrected chi connectivity index (χ4v) is 4.22. The van der Waals surface area contributed by atoms with Crippen LogP contribution in [0.15, 0.2) is 18.3 Å². The standard InChI is InChI=1S/C17H27N/c1-7-17(12(2)3)13-9-8-10-18-14(13)11-15(17)16(4,5)6/h8-10,12,15H,7,11H2,1-6H3. The number of pyridine rings is 1. The summed E-state index contributed by atoms with van der Waals surface area (Å²) in [6.07, 6.45) is 4.31. The highest BCUT2D eigenvalue weighted by molar-refractivity contribution is 5.38. The van der Waals surface area contributed by atoms with Crippen LogP contribution >= 0.6 is 0 Å². The molecule has 0 N–H and O–H groups in total. The molecule has 1 aliphatic rings. The second-order valence-electron chi connectivity index (χ2n) is 7.17. The van der Waals surface area contributed by atoms with E-state index in [0.29, 0.717) is 22.7 Å². The molecule has 18 heavy (non-hydrogen) atoms. The summed E-state index contributed by atoms with van der Waals surface area (Å²) in [5.41, 5.74) is 3.50. The van der Waals surface area contributed by atoms with Crippen LogP contribution in [-0.4, -0.2) is 4.98 Å². The lowest BCUT2D eigenvalue weighted by atomic mass is 9.58. The van der Waals surface area contributed by atoms with Crippen molar-refractivity contribution in [3.8, 4) is 0 Å². The first-order chi connectivity index (χ1) is 8.34. The van der Waals surface area contributed by atoms with Crippen LogP contribution in [0.1, 0.15) is 59.2 Å². The zero-order valence-electron chi connectivity index (χ0n) is 12.7. The fraction of sp³-hybridized carbons (Fsp3) is 0.706. The minimum absolute atomic E-state index is 0.307. The third-order valence-corrected chi connectivity index (χ3v) is 5.07. The molecule has 1 aromatic rings. The van der Waals surface area contributed by atoms with Crippen LogP contribution in [0.4, 0.5) is 0 Å². The maximum atomic E-state index is 4.65. The molecule has 0 aliphatic heterocycles. The smallest absolute Gasteiger partial charge is 0.0444 e. The van der Waals surface area contributed by atoms with Crippen molar-refractivity contribution in [3.63, 3.8) is 0 Å². The Morgan fingerprint density at radius 2 is 2.06 bits per heavy atom. The van der Waals surface area contributed by atoms with E-state index < -0.39 is 0 Å². The molecule has 0 aromatic carbocycles. The van der Waals surface area contributed by atoms with E-state index in [1.165, 1.54) is 17.7 Å². The second kappa shape index (κ2) is 4.36. The van der Waals surface area contributed by atoms with Gasteiger partial charge in [-0.05, 0) is 41.7 Å². The van der Waals surface area contributed by atoms with E-state index in [-0.39, 0.29) is 0 Å². The molecule has 100 valence electrons. The van der Waals surface area contributed by atoms with Gasteiger partial charge in [0.2, 0.25) is 0 Å². The molecule has 1 aromatic heterocycles. The van der Waals surface area contributed by atoms with Gasteiger partial charge in [0.25, 0.3) is 0 Å². The largest absolute Gasteiger partial charge is 0.261 e. The van der Waals surface area contributed by atoms with Crippen molar-refractivity contribution in [2.24, 2.45) is 17.3 Å². The van der Waals surface area contributed by atoms with Gasteiger partial charge in [-0.3, -0.25) is 4.98 Å². The van der Waals surface area contributed by atoms with E-state index in [1.54, 1.807) is 0 Å². The monoisotopic (exact) mass is 245 g/mol. The third kappa shape index (κ3) is 1.79. The van der Waals surface area contributed by atoms with Crippen LogP contribution in [0.25, 0.3) is 0 Å². The van der Waals surface area contributed by atoms with Crippen molar-refractivity contribution in [1.82, 2.24) is 4.98 Å². The molecule has 1 heterocycles. The van der Waals surface area contributed by atoms with Crippen molar-refractivity contribution < 1.29 is 0 Å². The molecular formula is C17H27N. The van der Waals surface area contributed by atoms with Crippen LogP contribution in [0, 0.1) is 17.3 Å². The van der Waals surface area contributed by atoms with Gasteiger partial charge in [-0.1, -0.05) is 47.6 Å². The van der Waals surface area contributed by atoms with Crippen LogP contribution in [-0.2, 0) is 11.8 Å². The first-order valence-electron chi connectivity index (χ1n) is 7.28. The molecule has 1 heteroatoms. The van der Waals surface area contributed by atoms with Crippen LogP contribution in [0.5, 0.6) is 0 Å². The lowest BCUT2D eigenvalue weighted by molar-refractivity contribution is 0.0956. The highest BCUT2D eigenvalue weighted by Crippen LogP contribution is 2.55. The lowest BCUT2D eigenvalue weighted by Crippen LogP contribution is -2.43. The molecule has 1 nitrogen and oxygen atoms in total. The Balaban J connectivity index is 2.61. The summed E-state index contributed by atoms with van der Waals surface area (Å²) in [5, 5.41) is 0. The summed E-state index contributed by atoms with van der Waals surface area (Å²) in [7, 11) is 0. The first kappa shape index (κ1) is 13.6. The molecule has 1 aliphatic carbocycles. The average Bonchev–Trinajstić information content (AvgIpc) is 2.64.